The van der Waals surface area contributed by atoms with Crippen molar-refractivity contribution < 1.29 is 14.3 Å². The molecule has 0 spiro atoms. The first kappa shape index (κ1) is 15.1. The van der Waals surface area contributed by atoms with Gasteiger partial charge in [-0.1, -0.05) is 11.6 Å². The number of halogens is 1. The number of ether oxygens (including phenoxy) is 2. The van der Waals surface area contributed by atoms with Gasteiger partial charge in [0, 0.05) is 11.8 Å². The van der Waals surface area contributed by atoms with E-state index in [1.807, 2.05) is 0 Å². The number of rotatable bonds is 4. The molecular weight excluding hydrogens is 294 g/mol. The van der Waals surface area contributed by atoms with Crippen LogP contribution in [-0.2, 0) is 0 Å². The van der Waals surface area contributed by atoms with Gasteiger partial charge >= 0.3 is 0 Å². The van der Waals surface area contributed by atoms with E-state index >= 15 is 0 Å². The van der Waals surface area contributed by atoms with Crippen molar-refractivity contribution >= 4 is 23.5 Å². The molecule has 0 fully saturated rings. The smallest absolute Gasteiger partial charge is 0.261 e. The minimum Gasteiger partial charge on any atom is -0.497 e. The average Bonchev–Trinajstić information content (AvgIpc) is 2.45. The standard InChI is InChI=1S/C14H14ClN3O3/c1-8-6-12(15)17-14(16-8)18-13(19)10-5-4-9(20-2)7-11(10)21-3/h4-7H,1-3H3,(H,16,17,18,19). The number of methoxy groups -OCH3 is 2. The van der Waals surface area contributed by atoms with Crippen LogP contribution in [0.15, 0.2) is 24.3 Å². The third-order valence-electron chi connectivity index (χ3n) is 2.70. The van der Waals surface area contributed by atoms with Crippen LogP contribution < -0.4 is 14.8 Å². The van der Waals surface area contributed by atoms with Gasteiger partial charge in [0.2, 0.25) is 5.95 Å². The summed E-state index contributed by atoms with van der Waals surface area (Å²) >= 11 is 5.83. The Bertz CT molecular complexity index is 656. The number of carbonyl (C=O) groups excluding carboxylic acids is 1. The monoisotopic (exact) mass is 307 g/mol. The average molecular weight is 308 g/mol. The van der Waals surface area contributed by atoms with Crippen molar-refractivity contribution in [2.45, 2.75) is 6.92 Å². The summed E-state index contributed by atoms with van der Waals surface area (Å²) in [6, 6.07) is 6.50. The van der Waals surface area contributed by atoms with Crippen LogP contribution in [0.4, 0.5) is 5.95 Å². The Morgan fingerprint density at radius 2 is 1.95 bits per heavy atom. The molecule has 2 rings (SSSR count). The first-order valence-corrected chi connectivity index (χ1v) is 6.46. The van der Waals surface area contributed by atoms with Gasteiger partial charge < -0.3 is 9.47 Å². The maximum Gasteiger partial charge on any atom is 0.261 e. The molecule has 6 nitrogen and oxygen atoms in total. The molecule has 1 aromatic carbocycles. The summed E-state index contributed by atoms with van der Waals surface area (Å²) < 4.78 is 10.3. The van der Waals surface area contributed by atoms with Crippen LogP contribution in [0.25, 0.3) is 0 Å². The van der Waals surface area contributed by atoms with Crippen LogP contribution in [0.3, 0.4) is 0 Å². The molecule has 0 unspecified atom stereocenters. The number of aryl methyl sites for hydroxylation is 1. The molecule has 0 saturated carbocycles. The van der Waals surface area contributed by atoms with Crippen molar-refractivity contribution in [3.63, 3.8) is 0 Å². The lowest BCUT2D eigenvalue weighted by molar-refractivity contribution is 0.102. The van der Waals surface area contributed by atoms with Gasteiger partial charge in [0.05, 0.1) is 19.8 Å². The quantitative estimate of drug-likeness (QED) is 0.879. The first-order valence-electron chi connectivity index (χ1n) is 6.08. The summed E-state index contributed by atoms with van der Waals surface area (Å²) in [5.41, 5.74) is 1.01. The lowest BCUT2D eigenvalue weighted by Gasteiger charge is -2.10. The molecule has 0 aliphatic rings. The molecule has 0 saturated heterocycles. The summed E-state index contributed by atoms with van der Waals surface area (Å²) in [7, 11) is 3.02. The van der Waals surface area contributed by atoms with E-state index in [0.29, 0.717) is 22.8 Å². The lowest BCUT2D eigenvalue weighted by Crippen LogP contribution is -2.15. The largest absolute Gasteiger partial charge is 0.497 e. The third-order valence-corrected chi connectivity index (χ3v) is 2.90. The van der Waals surface area contributed by atoms with Gasteiger partial charge in [0.25, 0.3) is 5.91 Å². The molecule has 110 valence electrons. The molecule has 2 aromatic rings. The number of nitrogens with one attached hydrogen (secondary N) is 1. The van der Waals surface area contributed by atoms with E-state index < -0.39 is 5.91 Å². The highest BCUT2D eigenvalue weighted by Gasteiger charge is 2.15. The second-order valence-electron chi connectivity index (χ2n) is 4.18. The van der Waals surface area contributed by atoms with E-state index in [9.17, 15) is 4.79 Å². The van der Waals surface area contributed by atoms with Crippen LogP contribution in [0.5, 0.6) is 11.5 Å². The second kappa shape index (κ2) is 6.41. The molecule has 0 aliphatic carbocycles. The summed E-state index contributed by atoms with van der Waals surface area (Å²) in [6.45, 7) is 1.76. The van der Waals surface area contributed by atoms with Crippen LogP contribution in [0.2, 0.25) is 5.15 Å². The van der Waals surface area contributed by atoms with E-state index in [4.69, 9.17) is 21.1 Å². The number of carbonyl (C=O) groups is 1. The molecular formula is C14H14ClN3O3. The van der Waals surface area contributed by atoms with E-state index in [2.05, 4.69) is 15.3 Å². The van der Waals surface area contributed by atoms with E-state index in [1.165, 1.54) is 14.2 Å². The SMILES string of the molecule is COc1ccc(C(=O)Nc2nc(C)cc(Cl)n2)c(OC)c1. The van der Waals surface area contributed by atoms with Crippen LogP contribution in [0.1, 0.15) is 16.1 Å². The molecule has 0 atom stereocenters. The fourth-order valence-electron chi connectivity index (χ4n) is 1.74. The third kappa shape index (κ3) is 3.61. The Labute approximate surface area is 127 Å². The summed E-state index contributed by atoms with van der Waals surface area (Å²) in [5, 5.41) is 2.85. The Hall–Kier alpha value is -2.34. The second-order valence-corrected chi connectivity index (χ2v) is 4.56. The van der Waals surface area contributed by atoms with Crippen LogP contribution in [-0.4, -0.2) is 30.1 Å². The number of hydrogen-bond acceptors (Lipinski definition) is 5. The molecule has 0 bridgehead atoms. The number of amides is 1. The Morgan fingerprint density at radius 3 is 2.57 bits per heavy atom. The predicted octanol–water partition coefficient (Wildman–Crippen LogP) is 2.71. The van der Waals surface area contributed by atoms with Gasteiger partial charge in [-0.2, -0.15) is 0 Å². The first-order chi connectivity index (χ1) is 10.0. The molecule has 1 heterocycles. The van der Waals surface area contributed by atoms with Crippen molar-refractivity contribution in [3.8, 4) is 11.5 Å². The number of hydrogen-bond donors (Lipinski definition) is 1. The number of benzene rings is 1. The molecule has 21 heavy (non-hydrogen) atoms. The summed E-state index contributed by atoms with van der Waals surface area (Å²) in [4.78, 5) is 20.3. The number of aromatic nitrogens is 2. The molecule has 1 amide bonds. The lowest BCUT2D eigenvalue weighted by atomic mass is 10.2. The summed E-state index contributed by atoms with van der Waals surface area (Å²) in [5.74, 6) is 0.739. The van der Waals surface area contributed by atoms with Crippen molar-refractivity contribution in [2.24, 2.45) is 0 Å². The van der Waals surface area contributed by atoms with Gasteiger partial charge in [-0.05, 0) is 25.1 Å². The fourth-order valence-corrected chi connectivity index (χ4v) is 1.98. The van der Waals surface area contributed by atoms with E-state index in [-0.39, 0.29) is 11.1 Å². The molecule has 0 aliphatic heterocycles. The topological polar surface area (TPSA) is 73.3 Å². The Balaban J connectivity index is 2.27. The highest BCUT2D eigenvalue weighted by atomic mass is 35.5. The number of nitrogens with zero attached hydrogens (tertiary/aromatic N) is 2. The van der Waals surface area contributed by atoms with Crippen molar-refractivity contribution in [1.82, 2.24) is 9.97 Å². The zero-order chi connectivity index (χ0) is 15.4. The molecule has 0 radical (unpaired) electrons. The Morgan fingerprint density at radius 1 is 1.19 bits per heavy atom. The van der Waals surface area contributed by atoms with Crippen LogP contribution >= 0.6 is 11.6 Å². The number of anilines is 1. The zero-order valence-corrected chi connectivity index (χ0v) is 12.6. The van der Waals surface area contributed by atoms with Gasteiger partial charge in [0.15, 0.2) is 0 Å². The highest BCUT2D eigenvalue weighted by Crippen LogP contribution is 2.25. The van der Waals surface area contributed by atoms with E-state index in [0.717, 1.165) is 0 Å². The van der Waals surface area contributed by atoms with E-state index in [1.54, 1.807) is 31.2 Å². The van der Waals surface area contributed by atoms with Gasteiger partial charge in [-0.15, -0.1) is 0 Å². The van der Waals surface area contributed by atoms with Crippen molar-refractivity contribution in [1.29, 1.82) is 0 Å². The van der Waals surface area contributed by atoms with Crippen molar-refractivity contribution in [2.75, 3.05) is 19.5 Å². The summed E-state index contributed by atoms with van der Waals surface area (Å²) in [6.07, 6.45) is 0. The predicted molar refractivity (Wildman–Crippen MR) is 79.3 cm³/mol. The van der Waals surface area contributed by atoms with Crippen molar-refractivity contribution in [3.05, 3.63) is 40.7 Å². The Kier molecular flexibility index (Phi) is 4.59. The molecule has 1 aromatic heterocycles. The molecule has 7 heteroatoms. The van der Waals surface area contributed by atoms with Gasteiger partial charge in [-0.25, -0.2) is 9.97 Å². The highest BCUT2D eigenvalue weighted by molar-refractivity contribution is 6.29. The van der Waals surface area contributed by atoms with Gasteiger partial charge in [0.1, 0.15) is 16.7 Å². The zero-order valence-electron chi connectivity index (χ0n) is 11.8. The maximum atomic E-state index is 12.3. The van der Waals surface area contributed by atoms with Gasteiger partial charge in [-0.3, -0.25) is 10.1 Å². The van der Waals surface area contributed by atoms with Crippen LogP contribution in [0, 0.1) is 6.92 Å². The minimum absolute atomic E-state index is 0.142. The maximum absolute atomic E-state index is 12.3. The minimum atomic E-state index is -0.392. The normalized spacial score (nSPS) is 10.1. The fraction of sp³-hybridized carbons (Fsp3) is 0.214. The molecule has 1 N–H and O–H groups in total.